The first kappa shape index (κ1) is 23.3. The Labute approximate surface area is 176 Å². The van der Waals surface area contributed by atoms with Gasteiger partial charge in [0, 0.05) is 12.7 Å². The predicted molar refractivity (Wildman–Crippen MR) is 118 cm³/mol. The van der Waals surface area contributed by atoms with Crippen LogP contribution >= 0.6 is 23.5 Å². The van der Waals surface area contributed by atoms with E-state index in [0.29, 0.717) is 17.8 Å². The molecule has 2 rings (SSSR count). The number of aliphatic hydroxyl groups is 1. The third-order valence-electron chi connectivity index (χ3n) is 4.06. The Kier molecular flexibility index (Phi) is 10.5. The van der Waals surface area contributed by atoms with Crippen LogP contribution in [0.2, 0.25) is 0 Å². The van der Waals surface area contributed by atoms with Gasteiger partial charge in [-0.25, -0.2) is 4.79 Å². The Hall–Kier alpha value is -0.930. The summed E-state index contributed by atoms with van der Waals surface area (Å²) in [6.07, 6.45) is 0.678. The first-order chi connectivity index (χ1) is 13.5. The van der Waals surface area contributed by atoms with Crippen LogP contribution in [-0.2, 0) is 9.47 Å². The van der Waals surface area contributed by atoms with Crippen LogP contribution in [0.3, 0.4) is 0 Å². The zero-order valence-corrected chi connectivity index (χ0v) is 18.6. The molecule has 0 saturated carbocycles. The van der Waals surface area contributed by atoms with Crippen molar-refractivity contribution in [1.82, 2.24) is 4.90 Å². The molecule has 6 nitrogen and oxygen atoms in total. The van der Waals surface area contributed by atoms with E-state index in [9.17, 15) is 9.90 Å². The van der Waals surface area contributed by atoms with E-state index in [1.807, 2.05) is 55.6 Å². The van der Waals surface area contributed by atoms with E-state index in [1.54, 1.807) is 7.05 Å². The summed E-state index contributed by atoms with van der Waals surface area (Å²) in [6, 6.07) is 7.77. The van der Waals surface area contributed by atoms with Crippen molar-refractivity contribution in [3.8, 4) is 0 Å². The van der Waals surface area contributed by atoms with Gasteiger partial charge in [-0.05, 0) is 49.5 Å². The summed E-state index contributed by atoms with van der Waals surface area (Å²) in [5.41, 5.74) is 2.00. The summed E-state index contributed by atoms with van der Waals surface area (Å²) in [5.74, 6) is 2.36. The molecular weight excluding hydrogens is 396 g/mol. The lowest BCUT2D eigenvalue weighted by atomic mass is 10.2. The number of anilines is 1. The molecule has 28 heavy (non-hydrogen) atoms. The molecule has 2 amide bonds. The number of thioether (sulfide) groups is 2. The lowest BCUT2D eigenvalue weighted by Crippen LogP contribution is -2.39. The minimum absolute atomic E-state index is 0.164. The molecule has 158 valence electrons. The van der Waals surface area contributed by atoms with Crippen LogP contribution in [0.25, 0.3) is 0 Å². The fourth-order valence-electron chi connectivity index (χ4n) is 2.68. The summed E-state index contributed by atoms with van der Waals surface area (Å²) >= 11 is 3.91. The van der Waals surface area contributed by atoms with Gasteiger partial charge in [0.2, 0.25) is 0 Å². The second-order valence-corrected chi connectivity index (χ2v) is 9.74. The monoisotopic (exact) mass is 428 g/mol. The maximum absolute atomic E-state index is 12.4. The summed E-state index contributed by atoms with van der Waals surface area (Å²) in [5, 5.41) is 13.0. The number of aliphatic hydroxyl groups excluding tert-OH is 1. The number of benzene rings is 1. The number of nitrogens with one attached hydrogen (secondary N) is 1. The Bertz CT molecular complexity index is 597. The van der Waals surface area contributed by atoms with Crippen molar-refractivity contribution in [1.29, 1.82) is 0 Å². The van der Waals surface area contributed by atoms with Gasteiger partial charge in [-0.15, -0.1) is 23.5 Å². The number of hydrogen-bond donors (Lipinski definition) is 2. The molecule has 1 heterocycles. The molecule has 1 atom stereocenters. The van der Waals surface area contributed by atoms with E-state index >= 15 is 0 Å². The molecule has 1 aromatic carbocycles. The van der Waals surface area contributed by atoms with Crippen LogP contribution in [0.5, 0.6) is 0 Å². The molecule has 8 heteroatoms. The van der Waals surface area contributed by atoms with E-state index in [2.05, 4.69) is 11.4 Å². The van der Waals surface area contributed by atoms with Crippen molar-refractivity contribution in [2.75, 3.05) is 50.2 Å². The minimum atomic E-state index is -0.740. The first-order valence-corrected chi connectivity index (χ1v) is 11.8. The SMILES string of the molecule is CC(C)OCCOCC(O)CN(C)C(=O)Nc1cccc(C2SCCCS2)c1. The molecule has 1 saturated heterocycles. The van der Waals surface area contributed by atoms with Crippen LogP contribution in [0.1, 0.15) is 30.4 Å². The molecule has 0 bridgehead atoms. The van der Waals surface area contributed by atoms with Crippen molar-refractivity contribution < 1.29 is 19.4 Å². The molecule has 0 radical (unpaired) electrons. The zero-order chi connectivity index (χ0) is 20.4. The Morgan fingerprint density at radius 1 is 1.32 bits per heavy atom. The number of carbonyl (C=O) groups is 1. The Morgan fingerprint density at radius 3 is 2.79 bits per heavy atom. The number of urea groups is 1. The van der Waals surface area contributed by atoms with Crippen molar-refractivity contribution in [2.24, 2.45) is 0 Å². The molecule has 1 aliphatic heterocycles. The van der Waals surface area contributed by atoms with Crippen LogP contribution in [-0.4, -0.2) is 73.2 Å². The fourth-order valence-corrected chi connectivity index (χ4v) is 5.55. The normalized spacial score (nSPS) is 16.2. The molecular formula is C20H32N2O4S2. The average molecular weight is 429 g/mol. The predicted octanol–water partition coefficient (Wildman–Crippen LogP) is 3.82. The lowest BCUT2D eigenvalue weighted by molar-refractivity contribution is -0.0144. The first-order valence-electron chi connectivity index (χ1n) is 9.68. The number of amides is 2. The molecule has 1 fully saturated rings. The van der Waals surface area contributed by atoms with Crippen molar-refractivity contribution in [3.05, 3.63) is 29.8 Å². The van der Waals surface area contributed by atoms with Gasteiger partial charge >= 0.3 is 6.03 Å². The summed E-state index contributed by atoms with van der Waals surface area (Å²) in [7, 11) is 1.66. The van der Waals surface area contributed by atoms with Gasteiger partial charge in [-0.3, -0.25) is 0 Å². The highest BCUT2D eigenvalue weighted by Crippen LogP contribution is 2.44. The summed E-state index contributed by atoms with van der Waals surface area (Å²) < 4.78 is 11.2. The molecule has 1 aromatic rings. The van der Waals surface area contributed by atoms with Crippen molar-refractivity contribution in [2.45, 2.75) is 37.1 Å². The maximum atomic E-state index is 12.4. The van der Waals surface area contributed by atoms with E-state index in [4.69, 9.17) is 9.47 Å². The molecule has 0 spiro atoms. The molecule has 1 aliphatic rings. The van der Waals surface area contributed by atoms with Crippen LogP contribution in [0.15, 0.2) is 24.3 Å². The van der Waals surface area contributed by atoms with E-state index in [1.165, 1.54) is 28.4 Å². The van der Waals surface area contributed by atoms with Gasteiger partial charge in [0.1, 0.15) is 0 Å². The number of hydrogen-bond acceptors (Lipinski definition) is 6. The lowest BCUT2D eigenvalue weighted by Gasteiger charge is -2.23. The van der Waals surface area contributed by atoms with Gasteiger partial charge in [0.15, 0.2) is 0 Å². The number of ether oxygens (including phenoxy) is 2. The standard InChI is InChI=1S/C20H32N2O4S2/c1-15(2)26-9-8-25-14-18(23)13-22(3)20(24)21-17-7-4-6-16(12-17)19-27-10-5-11-28-19/h4,6-7,12,15,18-19,23H,5,8-11,13-14H2,1-3H3,(H,21,24). The molecule has 2 N–H and O–H groups in total. The quantitative estimate of drug-likeness (QED) is 0.552. The molecule has 0 aliphatic carbocycles. The van der Waals surface area contributed by atoms with Crippen molar-refractivity contribution in [3.63, 3.8) is 0 Å². The van der Waals surface area contributed by atoms with E-state index < -0.39 is 6.10 Å². The highest BCUT2D eigenvalue weighted by Gasteiger charge is 2.18. The smallest absolute Gasteiger partial charge is 0.321 e. The maximum Gasteiger partial charge on any atom is 0.321 e. The van der Waals surface area contributed by atoms with Gasteiger partial charge < -0.3 is 24.8 Å². The topological polar surface area (TPSA) is 71.0 Å². The van der Waals surface area contributed by atoms with Crippen LogP contribution in [0, 0.1) is 0 Å². The van der Waals surface area contributed by atoms with Crippen LogP contribution < -0.4 is 5.32 Å². The number of likely N-dealkylation sites (N-methyl/N-ethyl adjacent to an activating group) is 1. The molecule has 0 aromatic heterocycles. The van der Waals surface area contributed by atoms with E-state index in [-0.39, 0.29) is 25.3 Å². The third kappa shape index (κ3) is 8.61. The largest absolute Gasteiger partial charge is 0.389 e. The summed E-state index contributed by atoms with van der Waals surface area (Å²) in [6.45, 7) is 5.22. The second-order valence-electron chi connectivity index (χ2n) is 7.01. The second kappa shape index (κ2) is 12.6. The van der Waals surface area contributed by atoms with Gasteiger partial charge in [0.25, 0.3) is 0 Å². The number of nitrogens with zero attached hydrogens (tertiary/aromatic N) is 1. The highest BCUT2D eigenvalue weighted by molar-refractivity contribution is 8.16. The van der Waals surface area contributed by atoms with Gasteiger partial charge in [-0.2, -0.15) is 0 Å². The molecule has 1 unspecified atom stereocenters. The number of rotatable bonds is 10. The zero-order valence-electron chi connectivity index (χ0n) is 16.9. The van der Waals surface area contributed by atoms with Crippen molar-refractivity contribution >= 4 is 35.2 Å². The fraction of sp³-hybridized carbons (Fsp3) is 0.650. The third-order valence-corrected chi connectivity index (χ3v) is 7.07. The number of carbonyl (C=O) groups excluding carboxylic acids is 1. The summed E-state index contributed by atoms with van der Waals surface area (Å²) in [4.78, 5) is 13.9. The minimum Gasteiger partial charge on any atom is -0.389 e. The van der Waals surface area contributed by atoms with Gasteiger partial charge in [0.05, 0.1) is 43.2 Å². The highest BCUT2D eigenvalue weighted by atomic mass is 32.2. The van der Waals surface area contributed by atoms with Crippen LogP contribution in [0.4, 0.5) is 10.5 Å². The van der Waals surface area contributed by atoms with Gasteiger partial charge in [-0.1, -0.05) is 12.1 Å². The Balaban J connectivity index is 1.74. The Morgan fingerprint density at radius 2 is 2.07 bits per heavy atom. The van der Waals surface area contributed by atoms with E-state index in [0.717, 1.165) is 5.69 Å². The average Bonchev–Trinajstić information content (AvgIpc) is 2.68.